The lowest BCUT2D eigenvalue weighted by Gasteiger charge is -2.12. The fourth-order valence-corrected chi connectivity index (χ4v) is 1.53. The number of rotatable bonds is 4. The molecule has 5 nitrogen and oxygen atoms in total. The predicted octanol–water partition coefficient (Wildman–Crippen LogP) is 2.21. The summed E-state index contributed by atoms with van der Waals surface area (Å²) in [4.78, 5) is 25.8. The Labute approximate surface area is 113 Å². The molecular formula is C10H7BrF3NO4. The second-order valence-electron chi connectivity index (χ2n) is 3.30. The molecule has 0 aliphatic heterocycles. The lowest BCUT2D eigenvalue weighted by atomic mass is 10.1. The molecule has 0 aliphatic rings. The number of halogens is 4. The van der Waals surface area contributed by atoms with Crippen LogP contribution in [0.25, 0.3) is 0 Å². The number of carbonyl (C=O) groups excluding carboxylic acids is 1. The molecule has 1 aromatic rings. The fraction of sp³-hybridized carbons (Fsp3) is 0.200. The van der Waals surface area contributed by atoms with Gasteiger partial charge in [0.15, 0.2) is 6.61 Å². The molecule has 0 fully saturated rings. The minimum absolute atomic E-state index is 0.155. The van der Waals surface area contributed by atoms with Crippen molar-refractivity contribution in [2.24, 2.45) is 0 Å². The second-order valence-corrected chi connectivity index (χ2v) is 4.22. The van der Waals surface area contributed by atoms with Crippen molar-refractivity contribution in [2.45, 2.75) is 6.18 Å². The maximum Gasteiger partial charge on any atom is 0.417 e. The Morgan fingerprint density at radius 2 is 2.00 bits per heavy atom. The Kier molecular flexibility index (Phi) is 4.90. The molecule has 0 atom stereocenters. The molecular weight excluding hydrogens is 335 g/mol. The van der Waals surface area contributed by atoms with Crippen LogP contribution in [0.15, 0.2) is 22.7 Å². The lowest BCUT2D eigenvalue weighted by Crippen LogP contribution is -2.28. The SMILES string of the molecule is O=C(O)CONC(=O)c1ccc(Br)cc1C(F)(F)F. The first kappa shape index (κ1) is 15.4. The molecule has 0 unspecified atom stereocenters. The maximum absolute atomic E-state index is 12.7. The van der Waals surface area contributed by atoms with Gasteiger partial charge in [-0.3, -0.25) is 9.63 Å². The van der Waals surface area contributed by atoms with Gasteiger partial charge in [-0.25, -0.2) is 10.3 Å². The van der Waals surface area contributed by atoms with Crippen molar-refractivity contribution >= 4 is 27.8 Å². The van der Waals surface area contributed by atoms with E-state index < -0.39 is 35.8 Å². The minimum atomic E-state index is -4.72. The van der Waals surface area contributed by atoms with Crippen LogP contribution in [0.5, 0.6) is 0 Å². The van der Waals surface area contributed by atoms with E-state index in [1.54, 1.807) is 5.48 Å². The zero-order chi connectivity index (χ0) is 14.6. The van der Waals surface area contributed by atoms with E-state index >= 15 is 0 Å². The number of carboxylic acid groups (broad SMARTS) is 1. The van der Waals surface area contributed by atoms with Crippen molar-refractivity contribution < 1.29 is 32.7 Å². The average molecular weight is 342 g/mol. The molecule has 104 valence electrons. The Hall–Kier alpha value is -1.61. The summed E-state index contributed by atoms with van der Waals surface area (Å²) in [6.45, 7) is -0.858. The molecule has 0 spiro atoms. The van der Waals surface area contributed by atoms with Crippen LogP contribution >= 0.6 is 15.9 Å². The van der Waals surface area contributed by atoms with E-state index in [0.29, 0.717) is 0 Å². The Morgan fingerprint density at radius 1 is 1.37 bits per heavy atom. The molecule has 0 aromatic heterocycles. The van der Waals surface area contributed by atoms with E-state index in [2.05, 4.69) is 20.8 Å². The molecule has 0 radical (unpaired) electrons. The molecule has 19 heavy (non-hydrogen) atoms. The monoisotopic (exact) mass is 341 g/mol. The highest BCUT2D eigenvalue weighted by Crippen LogP contribution is 2.33. The summed E-state index contributed by atoms with van der Waals surface area (Å²) in [6.07, 6.45) is -4.72. The minimum Gasteiger partial charge on any atom is -0.479 e. The summed E-state index contributed by atoms with van der Waals surface area (Å²) in [5.41, 5.74) is -0.193. The van der Waals surface area contributed by atoms with Crippen LogP contribution in [-0.2, 0) is 15.8 Å². The number of aliphatic carboxylic acids is 1. The number of carbonyl (C=O) groups is 2. The second kappa shape index (κ2) is 6.02. The topological polar surface area (TPSA) is 75.6 Å². The van der Waals surface area contributed by atoms with E-state index in [1.165, 1.54) is 6.07 Å². The van der Waals surface area contributed by atoms with E-state index in [4.69, 9.17) is 5.11 Å². The van der Waals surface area contributed by atoms with Gasteiger partial charge in [-0.15, -0.1) is 0 Å². The normalized spacial score (nSPS) is 11.2. The molecule has 0 aliphatic carbocycles. The number of hydrogen-bond acceptors (Lipinski definition) is 3. The zero-order valence-electron chi connectivity index (χ0n) is 9.12. The Balaban J connectivity index is 2.93. The first-order chi connectivity index (χ1) is 8.71. The number of hydroxylamine groups is 1. The summed E-state index contributed by atoms with van der Waals surface area (Å²) in [5, 5.41) is 8.25. The molecule has 0 saturated heterocycles. The van der Waals surface area contributed by atoms with Gasteiger partial charge in [-0.1, -0.05) is 15.9 Å². The molecule has 1 rings (SSSR count). The smallest absolute Gasteiger partial charge is 0.417 e. The highest BCUT2D eigenvalue weighted by Gasteiger charge is 2.35. The molecule has 0 bridgehead atoms. The standard InChI is InChI=1S/C10H7BrF3NO4/c11-5-1-2-6(7(3-5)10(12,13)14)9(18)15-19-4-8(16)17/h1-3H,4H2,(H,15,18)(H,16,17). The largest absolute Gasteiger partial charge is 0.479 e. The molecule has 0 saturated carbocycles. The number of alkyl halides is 3. The first-order valence-electron chi connectivity index (χ1n) is 4.72. The number of hydrogen-bond donors (Lipinski definition) is 2. The number of nitrogens with one attached hydrogen (secondary N) is 1. The predicted molar refractivity (Wildman–Crippen MR) is 60.2 cm³/mol. The number of carboxylic acids is 1. The third kappa shape index (κ3) is 4.52. The van der Waals surface area contributed by atoms with Crippen LogP contribution in [0.1, 0.15) is 15.9 Å². The van der Waals surface area contributed by atoms with Crippen LogP contribution in [0.3, 0.4) is 0 Å². The van der Waals surface area contributed by atoms with Gasteiger partial charge in [0, 0.05) is 4.47 Å². The highest BCUT2D eigenvalue weighted by atomic mass is 79.9. The van der Waals surface area contributed by atoms with Crippen LogP contribution in [-0.4, -0.2) is 23.6 Å². The van der Waals surface area contributed by atoms with Gasteiger partial charge in [-0.2, -0.15) is 13.2 Å². The van der Waals surface area contributed by atoms with Crippen molar-refractivity contribution in [3.8, 4) is 0 Å². The van der Waals surface area contributed by atoms with E-state index in [-0.39, 0.29) is 4.47 Å². The molecule has 9 heteroatoms. The number of benzene rings is 1. The van der Waals surface area contributed by atoms with Gasteiger partial charge in [0.1, 0.15) is 0 Å². The van der Waals surface area contributed by atoms with Gasteiger partial charge in [0.05, 0.1) is 11.1 Å². The summed E-state index contributed by atoms with van der Waals surface area (Å²) in [6, 6.07) is 2.94. The van der Waals surface area contributed by atoms with Crippen LogP contribution in [0, 0.1) is 0 Å². The van der Waals surface area contributed by atoms with E-state index in [9.17, 15) is 22.8 Å². The number of amides is 1. The van der Waals surface area contributed by atoms with Gasteiger partial charge in [-0.05, 0) is 18.2 Å². The highest BCUT2D eigenvalue weighted by molar-refractivity contribution is 9.10. The maximum atomic E-state index is 12.7. The lowest BCUT2D eigenvalue weighted by molar-refractivity contribution is -0.144. The van der Waals surface area contributed by atoms with E-state index in [1.807, 2.05) is 0 Å². The summed E-state index contributed by atoms with van der Waals surface area (Å²) < 4.78 is 38.3. The van der Waals surface area contributed by atoms with Gasteiger partial charge >= 0.3 is 12.1 Å². The molecule has 1 amide bonds. The molecule has 0 heterocycles. The zero-order valence-corrected chi connectivity index (χ0v) is 10.7. The van der Waals surface area contributed by atoms with Gasteiger partial charge < -0.3 is 5.11 Å². The fourth-order valence-electron chi connectivity index (χ4n) is 1.17. The van der Waals surface area contributed by atoms with Crippen LogP contribution < -0.4 is 5.48 Å². The quantitative estimate of drug-likeness (QED) is 0.823. The van der Waals surface area contributed by atoms with Crippen molar-refractivity contribution in [3.05, 3.63) is 33.8 Å². The summed E-state index contributed by atoms with van der Waals surface area (Å²) >= 11 is 2.87. The van der Waals surface area contributed by atoms with Crippen LogP contribution in [0.2, 0.25) is 0 Å². The molecule has 2 N–H and O–H groups in total. The van der Waals surface area contributed by atoms with Crippen molar-refractivity contribution in [1.29, 1.82) is 0 Å². The molecule has 1 aromatic carbocycles. The van der Waals surface area contributed by atoms with Crippen molar-refractivity contribution in [1.82, 2.24) is 5.48 Å². The summed E-state index contributed by atoms with van der Waals surface area (Å²) in [7, 11) is 0. The average Bonchev–Trinajstić information content (AvgIpc) is 2.27. The van der Waals surface area contributed by atoms with Crippen LogP contribution in [0.4, 0.5) is 13.2 Å². The van der Waals surface area contributed by atoms with Gasteiger partial charge in [0.25, 0.3) is 5.91 Å². The van der Waals surface area contributed by atoms with Crippen molar-refractivity contribution in [3.63, 3.8) is 0 Å². The third-order valence-corrected chi connectivity index (χ3v) is 2.39. The first-order valence-corrected chi connectivity index (χ1v) is 5.52. The Bertz CT molecular complexity index is 504. The third-order valence-electron chi connectivity index (χ3n) is 1.89. The van der Waals surface area contributed by atoms with E-state index in [0.717, 1.165) is 12.1 Å². The van der Waals surface area contributed by atoms with Crippen molar-refractivity contribution in [2.75, 3.05) is 6.61 Å². The van der Waals surface area contributed by atoms with Gasteiger partial charge in [0.2, 0.25) is 0 Å². The summed E-state index contributed by atoms with van der Waals surface area (Å²) in [5.74, 6) is -2.55. The Morgan fingerprint density at radius 3 is 2.53 bits per heavy atom.